The molecule has 2 aliphatic rings. The standard InChI is InChI=1S/C15H20.C2H6/c1-11-5-4-8-15-13(11)10-9-12-6-2-3-7-14(12)15;1-2/h2-3,6-7,11,13,15H,4-5,8-10H2,1H3;1-2H3. The fraction of sp³-hybridized carbons (Fsp3) is 0.647. The van der Waals surface area contributed by atoms with Gasteiger partial charge in [0.05, 0.1) is 0 Å². The number of fused-ring (bicyclic) bond motifs is 3. The monoisotopic (exact) mass is 230 g/mol. The second kappa shape index (κ2) is 5.71. The highest BCUT2D eigenvalue weighted by atomic mass is 14.4. The number of hydrogen-bond donors (Lipinski definition) is 0. The molecule has 1 saturated carbocycles. The second-order valence-corrected chi connectivity index (χ2v) is 5.42. The van der Waals surface area contributed by atoms with Crippen molar-refractivity contribution in [1.82, 2.24) is 0 Å². The lowest BCUT2D eigenvalue weighted by molar-refractivity contribution is 0.195. The van der Waals surface area contributed by atoms with E-state index in [1.807, 2.05) is 13.8 Å². The Hall–Kier alpha value is -0.780. The molecule has 94 valence electrons. The van der Waals surface area contributed by atoms with Gasteiger partial charge in [0.15, 0.2) is 0 Å². The predicted molar refractivity (Wildman–Crippen MR) is 75.4 cm³/mol. The van der Waals surface area contributed by atoms with Gasteiger partial charge in [-0.05, 0) is 48.1 Å². The van der Waals surface area contributed by atoms with Gasteiger partial charge in [-0.15, -0.1) is 0 Å². The molecular formula is C17H26. The van der Waals surface area contributed by atoms with E-state index in [0.29, 0.717) is 0 Å². The smallest absolute Gasteiger partial charge is 0.0128 e. The van der Waals surface area contributed by atoms with Crippen molar-refractivity contribution in [1.29, 1.82) is 0 Å². The first kappa shape index (κ1) is 12.7. The average Bonchev–Trinajstić information content (AvgIpc) is 2.41. The highest BCUT2D eigenvalue weighted by Gasteiger charge is 2.35. The van der Waals surface area contributed by atoms with Crippen LogP contribution in [0.1, 0.15) is 63.5 Å². The molecule has 0 bridgehead atoms. The summed E-state index contributed by atoms with van der Waals surface area (Å²) in [6.07, 6.45) is 7.09. The topological polar surface area (TPSA) is 0 Å². The Balaban J connectivity index is 0.000000514. The molecule has 0 radical (unpaired) electrons. The molecule has 0 heteroatoms. The lowest BCUT2D eigenvalue weighted by Crippen LogP contribution is -2.29. The summed E-state index contributed by atoms with van der Waals surface area (Å²) in [5, 5.41) is 0. The first-order chi connectivity index (χ1) is 8.36. The summed E-state index contributed by atoms with van der Waals surface area (Å²) in [6, 6.07) is 9.14. The molecule has 17 heavy (non-hydrogen) atoms. The van der Waals surface area contributed by atoms with Crippen LogP contribution in [-0.4, -0.2) is 0 Å². The molecule has 0 nitrogen and oxygen atoms in total. The summed E-state index contributed by atoms with van der Waals surface area (Å²) in [6.45, 7) is 6.46. The maximum Gasteiger partial charge on any atom is -0.0128 e. The van der Waals surface area contributed by atoms with Crippen LogP contribution < -0.4 is 0 Å². The molecule has 3 atom stereocenters. The van der Waals surface area contributed by atoms with Crippen molar-refractivity contribution in [2.24, 2.45) is 11.8 Å². The Labute approximate surface area is 106 Å². The molecule has 0 heterocycles. The van der Waals surface area contributed by atoms with Gasteiger partial charge in [0, 0.05) is 0 Å². The zero-order valence-electron chi connectivity index (χ0n) is 11.6. The Bertz CT molecular complexity index is 353. The van der Waals surface area contributed by atoms with Crippen LogP contribution in [0, 0.1) is 11.8 Å². The van der Waals surface area contributed by atoms with E-state index in [1.165, 1.54) is 32.1 Å². The minimum Gasteiger partial charge on any atom is -0.0683 e. The van der Waals surface area contributed by atoms with Crippen molar-refractivity contribution in [2.45, 2.75) is 58.8 Å². The van der Waals surface area contributed by atoms with Crippen molar-refractivity contribution in [3.8, 4) is 0 Å². The van der Waals surface area contributed by atoms with Crippen LogP contribution in [0.2, 0.25) is 0 Å². The summed E-state index contributed by atoms with van der Waals surface area (Å²) < 4.78 is 0. The van der Waals surface area contributed by atoms with Gasteiger partial charge in [-0.1, -0.05) is 57.9 Å². The number of benzene rings is 1. The highest BCUT2D eigenvalue weighted by molar-refractivity contribution is 5.33. The van der Waals surface area contributed by atoms with Crippen LogP contribution in [0.4, 0.5) is 0 Å². The van der Waals surface area contributed by atoms with Gasteiger partial charge in [0.1, 0.15) is 0 Å². The van der Waals surface area contributed by atoms with Crippen LogP contribution in [0.5, 0.6) is 0 Å². The highest BCUT2D eigenvalue weighted by Crippen LogP contribution is 2.47. The van der Waals surface area contributed by atoms with E-state index in [0.717, 1.165) is 17.8 Å². The molecule has 0 N–H and O–H groups in total. The Morgan fingerprint density at radius 3 is 2.59 bits per heavy atom. The minimum atomic E-state index is 0.888. The van der Waals surface area contributed by atoms with Crippen molar-refractivity contribution < 1.29 is 0 Å². The van der Waals surface area contributed by atoms with Crippen molar-refractivity contribution in [3.63, 3.8) is 0 Å². The summed E-state index contributed by atoms with van der Waals surface area (Å²) in [4.78, 5) is 0. The van der Waals surface area contributed by atoms with Crippen LogP contribution in [0.25, 0.3) is 0 Å². The molecular weight excluding hydrogens is 204 g/mol. The Kier molecular flexibility index (Phi) is 4.25. The van der Waals surface area contributed by atoms with Gasteiger partial charge in [0.2, 0.25) is 0 Å². The van der Waals surface area contributed by atoms with E-state index in [1.54, 1.807) is 11.1 Å². The summed E-state index contributed by atoms with van der Waals surface area (Å²) >= 11 is 0. The van der Waals surface area contributed by atoms with E-state index in [-0.39, 0.29) is 0 Å². The molecule has 3 rings (SSSR count). The van der Waals surface area contributed by atoms with Crippen molar-refractivity contribution in [2.75, 3.05) is 0 Å². The summed E-state index contributed by atoms with van der Waals surface area (Å²) in [7, 11) is 0. The molecule has 0 saturated heterocycles. The first-order valence-corrected chi connectivity index (χ1v) is 7.44. The largest absolute Gasteiger partial charge is 0.0683 e. The minimum absolute atomic E-state index is 0.888. The molecule has 1 fully saturated rings. The fourth-order valence-electron chi connectivity index (χ4n) is 3.80. The van der Waals surface area contributed by atoms with Gasteiger partial charge in [-0.2, -0.15) is 0 Å². The van der Waals surface area contributed by atoms with Crippen molar-refractivity contribution in [3.05, 3.63) is 35.4 Å². The maximum absolute atomic E-state index is 2.46. The summed E-state index contributed by atoms with van der Waals surface area (Å²) in [5.74, 6) is 2.82. The molecule has 2 aliphatic carbocycles. The molecule has 3 unspecified atom stereocenters. The van der Waals surface area contributed by atoms with Gasteiger partial charge >= 0.3 is 0 Å². The third-order valence-electron chi connectivity index (χ3n) is 4.62. The normalized spacial score (nSPS) is 30.6. The number of aryl methyl sites for hydroxylation is 1. The van der Waals surface area contributed by atoms with Crippen molar-refractivity contribution >= 4 is 0 Å². The predicted octanol–water partition coefficient (Wildman–Crippen LogP) is 5.18. The molecule has 1 aromatic carbocycles. The zero-order chi connectivity index (χ0) is 12.3. The molecule has 0 amide bonds. The van der Waals surface area contributed by atoms with Gasteiger partial charge < -0.3 is 0 Å². The summed E-state index contributed by atoms with van der Waals surface area (Å²) in [5.41, 5.74) is 3.31. The van der Waals surface area contributed by atoms with Crippen LogP contribution >= 0.6 is 0 Å². The molecule has 1 aromatic rings. The molecule has 0 aliphatic heterocycles. The van der Waals surface area contributed by atoms with Gasteiger partial charge in [-0.25, -0.2) is 0 Å². The van der Waals surface area contributed by atoms with E-state index in [4.69, 9.17) is 0 Å². The quantitative estimate of drug-likeness (QED) is 0.576. The van der Waals surface area contributed by atoms with E-state index >= 15 is 0 Å². The van der Waals surface area contributed by atoms with E-state index in [2.05, 4.69) is 31.2 Å². The number of rotatable bonds is 0. The van der Waals surface area contributed by atoms with Crippen LogP contribution in [-0.2, 0) is 6.42 Å². The Morgan fingerprint density at radius 1 is 1.00 bits per heavy atom. The van der Waals surface area contributed by atoms with E-state index in [9.17, 15) is 0 Å². The SMILES string of the molecule is CC.CC1CCCC2c3ccccc3CCC12. The second-order valence-electron chi connectivity index (χ2n) is 5.42. The molecule has 0 spiro atoms. The Morgan fingerprint density at radius 2 is 1.76 bits per heavy atom. The average molecular weight is 230 g/mol. The lowest BCUT2D eigenvalue weighted by atomic mass is 9.64. The van der Waals surface area contributed by atoms with Crippen LogP contribution in [0.3, 0.4) is 0 Å². The number of hydrogen-bond acceptors (Lipinski definition) is 0. The molecule has 0 aromatic heterocycles. The third kappa shape index (κ3) is 2.41. The third-order valence-corrected chi connectivity index (χ3v) is 4.62. The maximum atomic E-state index is 2.46. The zero-order valence-corrected chi connectivity index (χ0v) is 11.6. The fourth-order valence-corrected chi connectivity index (χ4v) is 3.80. The lowest BCUT2D eigenvalue weighted by Gasteiger charge is -2.41. The van der Waals surface area contributed by atoms with E-state index < -0.39 is 0 Å². The van der Waals surface area contributed by atoms with Crippen LogP contribution in [0.15, 0.2) is 24.3 Å². The first-order valence-electron chi connectivity index (χ1n) is 7.44. The van der Waals surface area contributed by atoms with Gasteiger partial charge in [-0.3, -0.25) is 0 Å². The van der Waals surface area contributed by atoms with Gasteiger partial charge in [0.25, 0.3) is 0 Å².